The van der Waals surface area contributed by atoms with Gasteiger partial charge in [0, 0.05) is 24.9 Å². The fourth-order valence-corrected chi connectivity index (χ4v) is 3.25. The third kappa shape index (κ3) is 2.32. The van der Waals surface area contributed by atoms with Gasteiger partial charge in [0.1, 0.15) is 17.6 Å². The van der Waals surface area contributed by atoms with Crippen molar-refractivity contribution in [2.24, 2.45) is 0 Å². The van der Waals surface area contributed by atoms with Crippen molar-refractivity contribution in [1.82, 2.24) is 4.90 Å². The van der Waals surface area contributed by atoms with Gasteiger partial charge in [-0.1, -0.05) is 0 Å². The van der Waals surface area contributed by atoms with Crippen LogP contribution in [0.1, 0.15) is 25.7 Å². The summed E-state index contributed by atoms with van der Waals surface area (Å²) in [5.41, 5.74) is 0. The Labute approximate surface area is 111 Å². The number of piperidine rings is 1. The van der Waals surface area contributed by atoms with Gasteiger partial charge >= 0.3 is 6.09 Å². The zero-order chi connectivity index (χ0) is 13.4. The summed E-state index contributed by atoms with van der Waals surface area (Å²) in [5.74, 6) is 0.944. The first-order valence-electron chi connectivity index (χ1n) is 6.60. The van der Waals surface area contributed by atoms with E-state index in [4.69, 9.17) is 4.74 Å². The second-order valence-electron chi connectivity index (χ2n) is 5.28. The molecule has 0 aliphatic carbocycles. The van der Waals surface area contributed by atoms with Crippen LogP contribution in [0.4, 0.5) is 4.79 Å². The molecule has 0 saturated carbocycles. The van der Waals surface area contributed by atoms with Crippen molar-refractivity contribution in [3.8, 4) is 11.5 Å². The van der Waals surface area contributed by atoms with E-state index < -0.39 is 6.09 Å². The van der Waals surface area contributed by atoms with Crippen molar-refractivity contribution >= 4 is 6.09 Å². The summed E-state index contributed by atoms with van der Waals surface area (Å²) in [6.45, 7) is 0. The Balaban J connectivity index is 1.66. The predicted molar refractivity (Wildman–Crippen MR) is 68.4 cm³/mol. The summed E-state index contributed by atoms with van der Waals surface area (Å²) >= 11 is 0. The third-order valence-electron chi connectivity index (χ3n) is 4.05. The summed E-state index contributed by atoms with van der Waals surface area (Å²) in [6, 6.07) is 6.85. The summed E-state index contributed by atoms with van der Waals surface area (Å²) in [7, 11) is 0. The molecule has 2 bridgehead atoms. The van der Waals surface area contributed by atoms with Gasteiger partial charge in [0.25, 0.3) is 0 Å². The number of phenols is 1. The van der Waals surface area contributed by atoms with Crippen molar-refractivity contribution in [3.05, 3.63) is 24.3 Å². The number of carboxylic acid groups (broad SMARTS) is 1. The van der Waals surface area contributed by atoms with Crippen LogP contribution in [0.2, 0.25) is 0 Å². The molecular weight excluding hydrogens is 246 g/mol. The molecule has 2 unspecified atom stereocenters. The number of ether oxygens (including phenoxy) is 1. The van der Waals surface area contributed by atoms with Gasteiger partial charge in [-0.25, -0.2) is 4.79 Å². The van der Waals surface area contributed by atoms with Crippen LogP contribution in [-0.2, 0) is 0 Å². The molecular formula is C14H17NO4. The first-order valence-corrected chi connectivity index (χ1v) is 6.60. The lowest BCUT2D eigenvalue weighted by atomic mass is 10.0. The number of nitrogens with zero attached hydrogens (tertiary/aromatic N) is 1. The van der Waals surface area contributed by atoms with Crippen molar-refractivity contribution in [2.75, 3.05) is 0 Å². The highest BCUT2D eigenvalue weighted by molar-refractivity contribution is 5.66. The summed E-state index contributed by atoms with van der Waals surface area (Å²) < 4.78 is 5.89. The molecule has 5 nitrogen and oxygen atoms in total. The van der Waals surface area contributed by atoms with Gasteiger partial charge in [-0.3, -0.25) is 0 Å². The number of benzene rings is 1. The molecule has 19 heavy (non-hydrogen) atoms. The van der Waals surface area contributed by atoms with Gasteiger partial charge in [-0.2, -0.15) is 0 Å². The molecule has 5 heteroatoms. The highest BCUT2D eigenvalue weighted by atomic mass is 16.5. The van der Waals surface area contributed by atoms with E-state index in [1.165, 1.54) is 0 Å². The SMILES string of the molecule is O=C(O)N1C2CCC1CC(Oc1ccc(O)cc1)C2. The van der Waals surface area contributed by atoms with E-state index in [1.807, 2.05) is 0 Å². The Morgan fingerprint density at radius 2 is 1.74 bits per heavy atom. The van der Waals surface area contributed by atoms with Crippen LogP contribution < -0.4 is 4.74 Å². The monoisotopic (exact) mass is 263 g/mol. The van der Waals surface area contributed by atoms with E-state index in [2.05, 4.69) is 0 Å². The topological polar surface area (TPSA) is 70.0 Å². The average Bonchev–Trinajstić information content (AvgIpc) is 2.65. The third-order valence-corrected chi connectivity index (χ3v) is 4.05. The number of phenolic OH excluding ortho intramolecular Hbond substituents is 1. The molecule has 3 rings (SSSR count). The van der Waals surface area contributed by atoms with Gasteiger partial charge in [-0.15, -0.1) is 0 Å². The molecule has 0 radical (unpaired) electrons. The van der Waals surface area contributed by atoms with E-state index in [9.17, 15) is 15.0 Å². The zero-order valence-electron chi connectivity index (χ0n) is 10.5. The Morgan fingerprint density at radius 3 is 2.26 bits per heavy atom. The first kappa shape index (κ1) is 12.1. The number of rotatable bonds is 2. The smallest absolute Gasteiger partial charge is 0.407 e. The molecule has 1 aromatic carbocycles. The fraction of sp³-hybridized carbons (Fsp3) is 0.500. The van der Waals surface area contributed by atoms with Crippen LogP contribution in [0.15, 0.2) is 24.3 Å². The number of hydrogen-bond donors (Lipinski definition) is 2. The molecule has 1 aromatic rings. The highest BCUT2D eigenvalue weighted by Crippen LogP contribution is 2.37. The lowest BCUT2D eigenvalue weighted by Gasteiger charge is -2.37. The number of fused-ring (bicyclic) bond motifs is 2. The fourth-order valence-electron chi connectivity index (χ4n) is 3.25. The Bertz CT molecular complexity index is 459. The molecule has 0 aromatic heterocycles. The molecule has 2 aliphatic heterocycles. The molecule has 102 valence electrons. The van der Waals surface area contributed by atoms with Crippen molar-refractivity contribution in [2.45, 2.75) is 43.9 Å². The van der Waals surface area contributed by atoms with Crippen LogP contribution in [0, 0.1) is 0 Å². The quantitative estimate of drug-likeness (QED) is 0.859. The predicted octanol–water partition coefficient (Wildman–Crippen LogP) is 2.44. The van der Waals surface area contributed by atoms with E-state index in [-0.39, 0.29) is 23.9 Å². The van der Waals surface area contributed by atoms with Crippen LogP contribution in [-0.4, -0.2) is 39.4 Å². The lowest BCUT2D eigenvalue weighted by Crippen LogP contribution is -2.48. The number of aromatic hydroxyl groups is 1. The van der Waals surface area contributed by atoms with Crippen LogP contribution in [0.3, 0.4) is 0 Å². The number of carbonyl (C=O) groups is 1. The van der Waals surface area contributed by atoms with Gasteiger partial charge < -0.3 is 19.8 Å². The molecule has 2 atom stereocenters. The summed E-state index contributed by atoms with van der Waals surface area (Å²) in [6.07, 6.45) is 2.64. The highest BCUT2D eigenvalue weighted by Gasteiger charge is 2.44. The van der Waals surface area contributed by atoms with E-state index in [0.717, 1.165) is 31.4 Å². The lowest BCUT2D eigenvalue weighted by molar-refractivity contribution is 0.0496. The first-order chi connectivity index (χ1) is 9.13. The minimum absolute atomic E-state index is 0.0673. The van der Waals surface area contributed by atoms with E-state index >= 15 is 0 Å². The Hall–Kier alpha value is -1.91. The van der Waals surface area contributed by atoms with E-state index in [0.29, 0.717) is 0 Å². The van der Waals surface area contributed by atoms with Gasteiger partial charge in [0.2, 0.25) is 0 Å². The molecule has 2 fully saturated rings. The molecule has 2 heterocycles. The maximum Gasteiger partial charge on any atom is 0.407 e. The maximum absolute atomic E-state index is 11.2. The van der Waals surface area contributed by atoms with Crippen LogP contribution in [0.25, 0.3) is 0 Å². The van der Waals surface area contributed by atoms with E-state index in [1.54, 1.807) is 29.2 Å². The minimum atomic E-state index is -0.810. The Morgan fingerprint density at radius 1 is 1.16 bits per heavy atom. The number of hydrogen-bond acceptors (Lipinski definition) is 3. The average molecular weight is 263 g/mol. The summed E-state index contributed by atoms with van der Waals surface area (Å²) in [5, 5.41) is 18.4. The summed E-state index contributed by atoms with van der Waals surface area (Å²) in [4.78, 5) is 12.8. The zero-order valence-corrected chi connectivity index (χ0v) is 10.5. The molecule has 2 N–H and O–H groups in total. The molecule has 0 spiro atoms. The van der Waals surface area contributed by atoms with Crippen LogP contribution >= 0.6 is 0 Å². The second-order valence-corrected chi connectivity index (χ2v) is 5.28. The van der Waals surface area contributed by atoms with Crippen LogP contribution in [0.5, 0.6) is 11.5 Å². The van der Waals surface area contributed by atoms with Crippen molar-refractivity contribution in [3.63, 3.8) is 0 Å². The van der Waals surface area contributed by atoms with Gasteiger partial charge in [0.05, 0.1) is 0 Å². The normalized spacial score (nSPS) is 29.3. The minimum Gasteiger partial charge on any atom is -0.508 e. The van der Waals surface area contributed by atoms with Crippen molar-refractivity contribution in [1.29, 1.82) is 0 Å². The van der Waals surface area contributed by atoms with Gasteiger partial charge in [0.15, 0.2) is 0 Å². The molecule has 2 aliphatic rings. The molecule has 2 saturated heterocycles. The standard InChI is InChI=1S/C14H17NO4/c16-11-3-5-12(6-4-11)19-13-7-9-1-2-10(8-13)15(9)14(17)18/h3-6,9-10,13,16H,1-2,7-8H2,(H,17,18). The van der Waals surface area contributed by atoms with Gasteiger partial charge in [-0.05, 0) is 37.1 Å². The molecule has 1 amide bonds. The Kier molecular flexibility index (Phi) is 2.97. The second kappa shape index (κ2) is 4.64. The largest absolute Gasteiger partial charge is 0.508 e. The maximum atomic E-state index is 11.2. The van der Waals surface area contributed by atoms with Crippen molar-refractivity contribution < 1.29 is 19.7 Å². The number of amides is 1.